The van der Waals surface area contributed by atoms with E-state index in [1.165, 1.54) is 22.7 Å². The smallest absolute Gasteiger partial charge is 0.261 e. The molecule has 0 radical (unpaired) electrons. The Morgan fingerprint density at radius 1 is 1.20 bits per heavy atom. The Bertz CT molecular complexity index is 1390. The number of nitrogens with one attached hydrogen (secondary N) is 4. The van der Waals surface area contributed by atoms with E-state index in [4.69, 9.17) is 0 Å². The number of aryl methyl sites for hydroxylation is 2. The van der Waals surface area contributed by atoms with Crippen molar-refractivity contribution in [3.8, 4) is 6.07 Å². The van der Waals surface area contributed by atoms with Crippen LogP contribution in [0.4, 0.5) is 0 Å². The number of carbonyl (C=O) groups excluding carboxylic acids is 3. The van der Waals surface area contributed by atoms with Gasteiger partial charge in [-0.05, 0) is 62.3 Å². The van der Waals surface area contributed by atoms with Gasteiger partial charge in [-0.15, -0.1) is 32.9 Å². The predicted molar refractivity (Wildman–Crippen MR) is 149 cm³/mol. The summed E-state index contributed by atoms with van der Waals surface area (Å²) in [5, 5.41) is 33.6. The molecule has 2 aliphatic rings. The van der Waals surface area contributed by atoms with Gasteiger partial charge >= 0.3 is 0 Å². The summed E-state index contributed by atoms with van der Waals surface area (Å²) in [6, 6.07) is 5.47. The van der Waals surface area contributed by atoms with E-state index in [0.29, 0.717) is 47.8 Å². The lowest BCUT2D eigenvalue weighted by Gasteiger charge is -2.33. The van der Waals surface area contributed by atoms with E-state index in [9.17, 15) is 19.6 Å². The van der Waals surface area contributed by atoms with Crippen LogP contribution in [0.25, 0.3) is 0 Å². The van der Waals surface area contributed by atoms with E-state index >= 15 is 0 Å². The first-order chi connectivity index (χ1) is 19.3. The van der Waals surface area contributed by atoms with Crippen LogP contribution in [0.15, 0.2) is 12.1 Å². The van der Waals surface area contributed by atoms with Crippen molar-refractivity contribution in [3.05, 3.63) is 48.6 Å². The number of hydrogen-bond acceptors (Lipinski definition) is 10. The number of likely N-dealkylation sites (tertiary alicyclic amines) is 1. The summed E-state index contributed by atoms with van der Waals surface area (Å²) in [5.74, 6) is -0.0205. The van der Waals surface area contributed by atoms with Gasteiger partial charge in [0.15, 0.2) is 5.82 Å². The third-order valence-electron chi connectivity index (χ3n) is 7.65. The normalized spacial score (nSPS) is 20.6. The van der Waals surface area contributed by atoms with Gasteiger partial charge in [-0.2, -0.15) is 10.5 Å². The largest absolute Gasteiger partial charge is 0.354 e. The SMILES string of the molecule is CNC(=O)c1cc2c(s1)CCc1cc(C(=O)NC)sc1C2(C[C@@H](C)NCC(=O)N1CCCC1C#N)c1nn[nH]n1. The number of amides is 3. The highest BCUT2D eigenvalue weighted by Gasteiger charge is 2.48. The molecular weight excluding hydrogens is 550 g/mol. The number of nitrogens with zero attached hydrogens (tertiary/aromatic N) is 5. The van der Waals surface area contributed by atoms with Crippen LogP contribution >= 0.6 is 22.7 Å². The zero-order valence-corrected chi connectivity index (χ0v) is 24.2. The van der Waals surface area contributed by atoms with Gasteiger partial charge < -0.3 is 20.9 Å². The molecular formula is C26H31N9O3S2. The molecule has 0 saturated carbocycles. The van der Waals surface area contributed by atoms with Crippen LogP contribution in [0.2, 0.25) is 0 Å². The number of rotatable bonds is 8. The highest BCUT2D eigenvalue weighted by atomic mass is 32.1. The molecule has 4 N–H and O–H groups in total. The van der Waals surface area contributed by atoms with Gasteiger partial charge in [0.2, 0.25) is 5.91 Å². The quantitative estimate of drug-likeness (QED) is 0.309. The van der Waals surface area contributed by atoms with Crippen LogP contribution in [0.1, 0.15) is 72.2 Å². The van der Waals surface area contributed by atoms with E-state index in [-0.39, 0.29) is 36.3 Å². The Hall–Kier alpha value is -3.67. The fraction of sp³-hybridized carbons (Fsp3) is 0.500. The molecule has 210 valence electrons. The molecule has 1 fully saturated rings. The topological polar surface area (TPSA) is 169 Å². The standard InChI is InChI=1S/C26H31N9O3S2/c1-14(30-13-21(36)35-8-4-5-16(35)12-27)11-26(25-31-33-34-32-25)17-10-20(24(38)29-3)39-18(17)7-6-15-9-19(23(37)28-2)40-22(15)26/h9-10,14,16,30H,4-8,11,13H2,1-3H3,(H,28,37)(H,29,38)(H,31,32,33,34)/t14-,16?,26?/m1/s1. The molecule has 1 saturated heterocycles. The molecule has 4 heterocycles. The van der Waals surface area contributed by atoms with Crippen molar-refractivity contribution in [1.29, 1.82) is 5.26 Å². The fourth-order valence-corrected chi connectivity index (χ4v) is 8.30. The number of nitriles is 1. The molecule has 12 nitrogen and oxygen atoms in total. The van der Waals surface area contributed by atoms with Gasteiger partial charge in [-0.3, -0.25) is 14.4 Å². The second kappa shape index (κ2) is 11.4. The summed E-state index contributed by atoms with van der Waals surface area (Å²) in [4.78, 5) is 43.1. The molecule has 3 aromatic rings. The summed E-state index contributed by atoms with van der Waals surface area (Å²) in [6.45, 7) is 2.66. The molecule has 3 atom stereocenters. The van der Waals surface area contributed by atoms with Gasteiger partial charge in [0.1, 0.15) is 6.04 Å². The molecule has 1 aliphatic carbocycles. The summed E-state index contributed by atoms with van der Waals surface area (Å²) in [7, 11) is 3.21. The number of thiophene rings is 2. The fourth-order valence-electron chi connectivity index (χ4n) is 5.74. The van der Waals surface area contributed by atoms with Crippen LogP contribution in [-0.2, 0) is 23.1 Å². The maximum atomic E-state index is 13.0. The molecule has 3 aromatic heterocycles. The van der Waals surface area contributed by atoms with E-state index in [0.717, 1.165) is 27.3 Å². The third-order valence-corrected chi connectivity index (χ3v) is 10.2. The van der Waals surface area contributed by atoms with Crippen molar-refractivity contribution in [2.45, 2.75) is 56.5 Å². The zero-order valence-electron chi connectivity index (χ0n) is 22.5. The summed E-state index contributed by atoms with van der Waals surface area (Å²) < 4.78 is 0. The summed E-state index contributed by atoms with van der Waals surface area (Å²) in [6.07, 6.45) is 3.34. The number of hydrogen-bond donors (Lipinski definition) is 4. The Balaban J connectivity index is 1.57. The third kappa shape index (κ3) is 4.89. The lowest BCUT2D eigenvalue weighted by Crippen LogP contribution is -2.45. The van der Waals surface area contributed by atoms with Crippen LogP contribution in [-0.4, -0.2) is 82.5 Å². The van der Waals surface area contributed by atoms with Gasteiger partial charge in [0.25, 0.3) is 11.8 Å². The predicted octanol–water partition coefficient (Wildman–Crippen LogP) is 1.36. The van der Waals surface area contributed by atoms with E-state index < -0.39 is 5.41 Å². The molecule has 5 rings (SSSR count). The van der Waals surface area contributed by atoms with Gasteiger partial charge in [-0.25, -0.2) is 0 Å². The maximum absolute atomic E-state index is 13.0. The molecule has 40 heavy (non-hydrogen) atoms. The van der Waals surface area contributed by atoms with E-state index in [2.05, 4.69) is 42.6 Å². The number of fused-ring (bicyclic) bond motifs is 2. The van der Waals surface area contributed by atoms with Gasteiger partial charge in [0, 0.05) is 36.4 Å². The summed E-state index contributed by atoms with van der Waals surface area (Å²) >= 11 is 2.85. The van der Waals surface area contributed by atoms with Crippen LogP contribution < -0.4 is 16.0 Å². The number of carbonyl (C=O) groups is 3. The highest BCUT2D eigenvalue weighted by molar-refractivity contribution is 7.15. The van der Waals surface area contributed by atoms with E-state index in [1.807, 2.05) is 19.1 Å². The van der Waals surface area contributed by atoms with Crippen LogP contribution in [0.5, 0.6) is 0 Å². The second-order valence-electron chi connectivity index (χ2n) is 10.1. The molecule has 0 spiro atoms. The Morgan fingerprint density at radius 3 is 2.62 bits per heavy atom. The Labute approximate surface area is 239 Å². The maximum Gasteiger partial charge on any atom is 0.261 e. The van der Waals surface area contributed by atoms with Crippen LogP contribution in [0.3, 0.4) is 0 Å². The van der Waals surface area contributed by atoms with Gasteiger partial charge in [-0.1, -0.05) is 5.21 Å². The van der Waals surface area contributed by atoms with E-state index in [1.54, 1.807) is 19.0 Å². The molecule has 14 heteroatoms. The summed E-state index contributed by atoms with van der Waals surface area (Å²) in [5.41, 5.74) is 1.01. The number of aromatic nitrogens is 4. The molecule has 2 unspecified atom stereocenters. The Kier molecular flexibility index (Phi) is 7.97. The van der Waals surface area contributed by atoms with Crippen molar-refractivity contribution in [2.75, 3.05) is 27.2 Å². The van der Waals surface area contributed by atoms with Crippen molar-refractivity contribution in [2.24, 2.45) is 0 Å². The molecule has 0 aromatic carbocycles. The first kappa shape index (κ1) is 27.9. The number of H-pyrrole nitrogens is 1. The Morgan fingerprint density at radius 2 is 1.95 bits per heavy atom. The minimum absolute atomic E-state index is 0.0858. The average molecular weight is 582 g/mol. The van der Waals surface area contributed by atoms with Crippen LogP contribution in [0, 0.1) is 11.3 Å². The minimum Gasteiger partial charge on any atom is -0.354 e. The highest BCUT2D eigenvalue weighted by Crippen LogP contribution is 2.51. The van der Waals surface area contributed by atoms with Crippen molar-refractivity contribution in [1.82, 2.24) is 41.5 Å². The van der Waals surface area contributed by atoms with Crippen molar-refractivity contribution >= 4 is 40.4 Å². The van der Waals surface area contributed by atoms with Crippen molar-refractivity contribution in [3.63, 3.8) is 0 Å². The molecule has 3 amide bonds. The monoisotopic (exact) mass is 581 g/mol. The number of aromatic amines is 1. The lowest BCUT2D eigenvalue weighted by molar-refractivity contribution is -0.130. The zero-order chi connectivity index (χ0) is 28.4. The minimum atomic E-state index is -0.924. The molecule has 1 aliphatic heterocycles. The van der Waals surface area contributed by atoms with Crippen molar-refractivity contribution < 1.29 is 14.4 Å². The lowest BCUT2D eigenvalue weighted by atomic mass is 9.73. The first-order valence-corrected chi connectivity index (χ1v) is 14.8. The average Bonchev–Trinajstić information content (AvgIpc) is 3.78. The number of tetrazole rings is 1. The molecule has 0 bridgehead atoms. The second-order valence-corrected chi connectivity index (χ2v) is 12.3. The van der Waals surface area contributed by atoms with Gasteiger partial charge in [0.05, 0.1) is 27.8 Å². The first-order valence-electron chi connectivity index (χ1n) is 13.2.